The number of halogens is 3. The van der Waals surface area contributed by atoms with Crippen LogP contribution >= 0.6 is 46.6 Å². The normalized spacial score (nSPS) is 11.1. The van der Waals surface area contributed by atoms with Crippen LogP contribution in [-0.4, -0.2) is 37.6 Å². The van der Waals surface area contributed by atoms with E-state index in [1.807, 2.05) is 28.8 Å². The molecule has 0 atom stereocenters. The lowest BCUT2D eigenvalue weighted by Crippen LogP contribution is -2.20. The first-order valence-corrected chi connectivity index (χ1v) is 11.6. The molecule has 2 aromatic heterocycles. The zero-order valence-electron chi connectivity index (χ0n) is 16.8. The van der Waals surface area contributed by atoms with Crippen LogP contribution in [0.5, 0.6) is 0 Å². The molecule has 0 aliphatic rings. The number of pyridine rings is 1. The second-order valence-electron chi connectivity index (χ2n) is 6.60. The maximum absolute atomic E-state index is 12.3. The minimum Gasteiger partial charge on any atom is -0.272 e. The van der Waals surface area contributed by atoms with E-state index in [0.29, 0.717) is 31.6 Å². The average Bonchev–Trinajstić information content (AvgIpc) is 3.24. The standard InChI is InChI=1S/C22H15Cl3N6OS/c23-16-3-5-18(6-4-16)31-21(14-7-9-26-10-8-14)29-30-22(31)33-13-20(32)28-27-12-15-1-2-17(24)11-19(15)25/h1-12H,13H2,(H,28,32)/b27-12+. The Hall–Kier alpha value is -2.91. The molecule has 0 aliphatic carbocycles. The second-order valence-corrected chi connectivity index (χ2v) is 8.82. The van der Waals surface area contributed by atoms with Gasteiger partial charge in [0.15, 0.2) is 11.0 Å². The Morgan fingerprint density at radius 2 is 1.73 bits per heavy atom. The quantitative estimate of drug-likeness (QED) is 0.198. The minimum absolute atomic E-state index is 0.0771. The molecule has 166 valence electrons. The molecule has 0 saturated carbocycles. The number of amides is 1. The van der Waals surface area contributed by atoms with E-state index in [0.717, 1.165) is 11.3 Å². The van der Waals surface area contributed by atoms with Crippen LogP contribution in [0.15, 0.2) is 77.2 Å². The molecule has 0 saturated heterocycles. The van der Waals surface area contributed by atoms with Crippen molar-refractivity contribution >= 4 is 58.7 Å². The van der Waals surface area contributed by atoms with E-state index in [9.17, 15) is 4.79 Å². The van der Waals surface area contributed by atoms with E-state index in [1.54, 1.807) is 42.7 Å². The Kier molecular flexibility index (Phi) is 7.61. The van der Waals surface area contributed by atoms with E-state index in [1.165, 1.54) is 18.0 Å². The molecular formula is C22H15Cl3N6OS. The largest absolute Gasteiger partial charge is 0.272 e. The molecular weight excluding hydrogens is 503 g/mol. The summed E-state index contributed by atoms with van der Waals surface area (Å²) in [5.41, 5.74) is 4.78. The third-order valence-corrected chi connectivity index (χ3v) is 6.09. The van der Waals surface area contributed by atoms with Gasteiger partial charge in [0.05, 0.1) is 17.0 Å². The summed E-state index contributed by atoms with van der Waals surface area (Å²) in [5, 5.41) is 14.7. The lowest BCUT2D eigenvalue weighted by atomic mass is 10.2. The number of hydrogen-bond donors (Lipinski definition) is 1. The molecule has 1 amide bonds. The van der Waals surface area contributed by atoms with Crippen LogP contribution in [0.1, 0.15) is 5.56 Å². The van der Waals surface area contributed by atoms with Gasteiger partial charge in [-0.25, -0.2) is 5.43 Å². The van der Waals surface area contributed by atoms with Crippen molar-refractivity contribution in [3.63, 3.8) is 0 Å². The molecule has 7 nitrogen and oxygen atoms in total. The highest BCUT2D eigenvalue weighted by Gasteiger charge is 2.17. The first-order chi connectivity index (χ1) is 16.0. The van der Waals surface area contributed by atoms with Gasteiger partial charge >= 0.3 is 0 Å². The Labute approximate surface area is 208 Å². The van der Waals surface area contributed by atoms with Gasteiger partial charge < -0.3 is 0 Å². The number of nitrogens with zero attached hydrogens (tertiary/aromatic N) is 5. The molecule has 0 fully saturated rings. The van der Waals surface area contributed by atoms with Crippen LogP contribution in [0.2, 0.25) is 15.1 Å². The number of hydrazone groups is 1. The third kappa shape index (κ3) is 5.91. The number of rotatable bonds is 7. The van der Waals surface area contributed by atoms with Gasteiger partial charge in [-0.1, -0.05) is 52.6 Å². The van der Waals surface area contributed by atoms with Crippen molar-refractivity contribution in [2.45, 2.75) is 5.16 Å². The number of hydrogen-bond acceptors (Lipinski definition) is 6. The van der Waals surface area contributed by atoms with Crippen LogP contribution in [0, 0.1) is 0 Å². The maximum Gasteiger partial charge on any atom is 0.250 e. The Morgan fingerprint density at radius 1 is 1.00 bits per heavy atom. The molecule has 2 aromatic carbocycles. The first kappa shape index (κ1) is 23.3. The molecule has 4 aromatic rings. The fraction of sp³-hybridized carbons (Fsp3) is 0.0455. The van der Waals surface area contributed by atoms with Gasteiger partial charge in [-0.05, 0) is 48.5 Å². The fourth-order valence-corrected chi connectivity index (χ4v) is 4.14. The van der Waals surface area contributed by atoms with E-state index >= 15 is 0 Å². The zero-order valence-corrected chi connectivity index (χ0v) is 19.9. The molecule has 0 radical (unpaired) electrons. The van der Waals surface area contributed by atoms with Crippen LogP contribution in [0.3, 0.4) is 0 Å². The van der Waals surface area contributed by atoms with Crippen molar-refractivity contribution in [2.24, 2.45) is 5.10 Å². The van der Waals surface area contributed by atoms with Crippen molar-refractivity contribution in [1.82, 2.24) is 25.2 Å². The van der Waals surface area contributed by atoms with E-state index in [-0.39, 0.29) is 11.7 Å². The van der Waals surface area contributed by atoms with Crippen molar-refractivity contribution in [3.05, 3.63) is 87.6 Å². The fourth-order valence-electron chi connectivity index (χ4n) is 2.82. The molecule has 0 unspecified atom stereocenters. The Bertz CT molecular complexity index is 1300. The van der Waals surface area contributed by atoms with Crippen LogP contribution in [0.4, 0.5) is 0 Å². The molecule has 4 rings (SSSR count). The summed E-state index contributed by atoms with van der Waals surface area (Å²) in [4.78, 5) is 16.4. The molecule has 1 N–H and O–H groups in total. The molecule has 11 heteroatoms. The molecule has 0 spiro atoms. The van der Waals surface area contributed by atoms with Crippen molar-refractivity contribution in [1.29, 1.82) is 0 Å². The Morgan fingerprint density at radius 3 is 2.45 bits per heavy atom. The number of thioether (sulfide) groups is 1. The highest BCUT2D eigenvalue weighted by molar-refractivity contribution is 7.99. The number of aromatic nitrogens is 4. The van der Waals surface area contributed by atoms with E-state index in [2.05, 4.69) is 25.7 Å². The predicted octanol–water partition coefficient (Wildman–Crippen LogP) is 5.53. The van der Waals surface area contributed by atoms with Gasteiger partial charge in [0.2, 0.25) is 0 Å². The van der Waals surface area contributed by atoms with Gasteiger partial charge in [0.25, 0.3) is 5.91 Å². The number of nitrogens with one attached hydrogen (secondary N) is 1. The lowest BCUT2D eigenvalue weighted by molar-refractivity contribution is -0.118. The van der Waals surface area contributed by atoms with Crippen LogP contribution in [0.25, 0.3) is 17.1 Å². The minimum atomic E-state index is -0.308. The third-order valence-electron chi connectivity index (χ3n) is 4.34. The summed E-state index contributed by atoms with van der Waals surface area (Å²) in [6, 6.07) is 16.0. The van der Waals surface area contributed by atoms with Crippen molar-refractivity contribution in [2.75, 3.05) is 5.75 Å². The molecule has 33 heavy (non-hydrogen) atoms. The van der Waals surface area contributed by atoms with Gasteiger partial charge in [0.1, 0.15) is 0 Å². The second kappa shape index (κ2) is 10.8. The van der Waals surface area contributed by atoms with Crippen molar-refractivity contribution < 1.29 is 4.79 Å². The topological polar surface area (TPSA) is 85.1 Å². The highest BCUT2D eigenvalue weighted by atomic mass is 35.5. The highest BCUT2D eigenvalue weighted by Crippen LogP contribution is 2.28. The van der Waals surface area contributed by atoms with Gasteiger partial charge in [-0.15, -0.1) is 10.2 Å². The van der Waals surface area contributed by atoms with Crippen molar-refractivity contribution in [3.8, 4) is 17.1 Å². The van der Waals surface area contributed by atoms with Gasteiger partial charge in [-0.3, -0.25) is 14.3 Å². The summed E-state index contributed by atoms with van der Waals surface area (Å²) in [7, 11) is 0. The smallest absolute Gasteiger partial charge is 0.250 e. The molecule has 0 aliphatic heterocycles. The number of benzene rings is 2. The lowest BCUT2D eigenvalue weighted by Gasteiger charge is -2.10. The maximum atomic E-state index is 12.3. The zero-order chi connectivity index (χ0) is 23.2. The molecule has 2 heterocycles. The average molecular weight is 518 g/mol. The number of carbonyl (C=O) groups is 1. The van der Waals surface area contributed by atoms with Gasteiger partial charge in [0, 0.05) is 39.3 Å². The monoisotopic (exact) mass is 516 g/mol. The number of carbonyl (C=O) groups excluding carboxylic acids is 1. The predicted molar refractivity (Wildman–Crippen MR) is 133 cm³/mol. The van der Waals surface area contributed by atoms with Crippen LogP contribution < -0.4 is 5.43 Å². The summed E-state index contributed by atoms with van der Waals surface area (Å²) in [6.07, 6.45) is 4.82. The molecule has 0 bridgehead atoms. The summed E-state index contributed by atoms with van der Waals surface area (Å²) in [5.74, 6) is 0.392. The van der Waals surface area contributed by atoms with Gasteiger partial charge in [-0.2, -0.15) is 5.10 Å². The Balaban J connectivity index is 1.49. The SMILES string of the molecule is O=C(CSc1nnc(-c2ccncc2)n1-c1ccc(Cl)cc1)N/N=C/c1ccc(Cl)cc1Cl. The summed E-state index contributed by atoms with van der Waals surface area (Å²) < 4.78 is 1.86. The first-order valence-electron chi connectivity index (χ1n) is 9.53. The van der Waals surface area contributed by atoms with E-state index < -0.39 is 0 Å². The van der Waals surface area contributed by atoms with E-state index in [4.69, 9.17) is 34.8 Å². The summed E-state index contributed by atoms with van der Waals surface area (Å²) in [6.45, 7) is 0. The van der Waals surface area contributed by atoms with Crippen LogP contribution in [-0.2, 0) is 4.79 Å². The summed E-state index contributed by atoms with van der Waals surface area (Å²) >= 11 is 19.3.